The van der Waals surface area contributed by atoms with Gasteiger partial charge in [0.1, 0.15) is 23.2 Å². The second-order valence-electron chi connectivity index (χ2n) is 7.28. The number of nitriles is 1. The molecule has 0 bridgehead atoms. The molecule has 0 atom stereocenters. The number of rotatable bonds is 3. The SMILES string of the molecule is Cc1c(O)ccc2c(CN3CCCN(c4ncccc4C#N)CC3)cc(=O)oc12. The first-order valence-corrected chi connectivity index (χ1v) is 9.64. The lowest BCUT2D eigenvalue weighted by Crippen LogP contribution is -2.31. The first-order valence-electron chi connectivity index (χ1n) is 9.64. The molecule has 29 heavy (non-hydrogen) atoms. The zero-order chi connectivity index (χ0) is 20.4. The summed E-state index contributed by atoms with van der Waals surface area (Å²) in [5.74, 6) is 0.848. The Kier molecular flexibility index (Phi) is 5.19. The Labute approximate surface area is 168 Å². The molecule has 1 aliphatic rings. The molecular formula is C22H22N4O3. The van der Waals surface area contributed by atoms with Gasteiger partial charge >= 0.3 is 5.63 Å². The van der Waals surface area contributed by atoms with Crippen LogP contribution in [-0.4, -0.2) is 41.2 Å². The van der Waals surface area contributed by atoms with E-state index in [1.165, 1.54) is 6.07 Å². The first-order chi connectivity index (χ1) is 14.1. The maximum Gasteiger partial charge on any atom is 0.336 e. The summed E-state index contributed by atoms with van der Waals surface area (Å²) < 4.78 is 5.35. The smallest absolute Gasteiger partial charge is 0.336 e. The number of anilines is 1. The van der Waals surface area contributed by atoms with E-state index in [1.54, 1.807) is 37.4 Å². The topological polar surface area (TPSA) is 93.6 Å². The molecule has 4 rings (SSSR count). The highest BCUT2D eigenvalue weighted by molar-refractivity contribution is 5.84. The van der Waals surface area contributed by atoms with E-state index in [4.69, 9.17) is 4.42 Å². The van der Waals surface area contributed by atoms with Crippen molar-refractivity contribution < 1.29 is 9.52 Å². The molecule has 2 aromatic heterocycles. The Morgan fingerprint density at radius 1 is 1.24 bits per heavy atom. The highest BCUT2D eigenvalue weighted by Gasteiger charge is 2.20. The molecule has 0 spiro atoms. The first kappa shape index (κ1) is 19.0. The number of aromatic nitrogens is 1. The minimum atomic E-state index is -0.412. The number of aryl methyl sites for hydroxylation is 1. The largest absolute Gasteiger partial charge is 0.508 e. The fourth-order valence-electron chi connectivity index (χ4n) is 3.86. The summed E-state index contributed by atoms with van der Waals surface area (Å²) in [7, 11) is 0. The summed E-state index contributed by atoms with van der Waals surface area (Å²) in [5, 5.41) is 20.1. The molecule has 0 unspecified atom stereocenters. The minimum absolute atomic E-state index is 0.117. The summed E-state index contributed by atoms with van der Waals surface area (Å²) >= 11 is 0. The number of hydrogen-bond donors (Lipinski definition) is 1. The van der Waals surface area contributed by atoms with E-state index < -0.39 is 5.63 Å². The fourth-order valence-corrected chi connectivity index (χ4v) is 3.86. The number of hydrogen-bond acceptors (Lipinski definition) is 7. The van der Waals surface area contributed by atoms with Crippen molar-refractivity contribution >= 4 is 16.8 Å². The maximum absolute atomic E-state index is 12.1. The van der Waals surface area contributed by atoms with Gasteiger partial charge in [0, 0.05) is 55.9 Å². The Morgan fingerprint density at radius 3 is 2.93 bits per heavy atom. The standard InChI is InChI=1S/C22H22N4O3/c1-15-19(27)6-5-18-17(12-20(28)29-21(15)18)14-25-8-3-9-26(11-10-25)22-16(13-23)4-2-7-24-22/h2,4-7,12,27H,3,8-11,14H2,1H3. The van der Waals surface area contributed by atoms with Crippen LogP contribution >= 0.6 is 0 Å². The number of nitrogens with zero attached hydrogens (tertiary/aromatic N) is 4. The Balaban J connectivity index is 1.57. The predicted octanol–water partition coefficient (Wildman–Crippen LogP) is 2.79. The van der Waals surface area contributed by atoms with Gasteiger partial charge in [-0.05, 0) is 43.2 Å². The second kappa shape index (κ2) is 7.94. The van der Waals surface area contributed by atoms with E-state index in [9.17, 15) is 15.2 Å². The lowest BCUT2D eigenvalue weighted by Gasteiger charge is -2.23. The van der Waals surface area contributed by atoms with Crippen LogP contribution in [0.25, 0.3) is 11.0 Å². The van der Waals surface area contributed by atoms with Gasteiger partial charge in [0.2, 0.25) is 0 Å². The highest BCUT2D eigenvalue weighted by atomic mass is 16.4. The summed E-state index contributed by atoms with van der Waals surface area (Å²) in [6.45, 7) is 5.61. The van der Waals surface area contributed by atoms with Crippen LogP contribution in [0.5, 0.6) is 5.75 Å². The van der Waals surface area contributed by atoms with E-state index >= 15 is 0 Å². The molecule has 1 aromatic carbocycles. The number of phenolic OH excluding ortho intramolecular Hbond substituents is 1. The number of phenols is 1. The van der Waals surface area contributed by atoms with E-state index in [0.717, 1.165) is 49.4 Å². The van der Waals surface area contributed by atoms with E-state index in [-0.39, 0.29) is 5.75 Å². The van der Waals surface area contributed by atoms with Crippen molar-refractivity contribution in [1.82, 2.24) is 9.88 Å². The molecule has 148 valence electrons. The monoisotopic (exact) mass is 390 g/mol. The molecule has 3 heterocycles. The van der Waals surface area contributed by atoms with Crippen LogP contribution in [-0.2, 0) is 6.54 Å². The zero-order valence-electron chi connectivity index (χ0n) is 16.3. The van der Waals surface area contributed by atoms with E-state index in [0.29, 0.717) is 23.3 Å². The van der Waals surface area contributed by atoms with Crippen LogP contribution < -0.4 is 10.5 Å². The van der Waals surface area contributed by atoms with Gasteiger partial charge in [-0.2, -0.15) is 5.26 Å². The summed E-state index contributed by atoms with van der Waals surface area (Å²) in [6, 6.07) is 10.8. The fraction of sp³-hybridized carbons (Fsp3) is 0.318. The average molecular weight is 390 g/mol. The molecule has 1 aliphatic heterocycles. The maximum atomic E-state index is 12.1. The van der Waals surface area contributed by atoms with Crippen molar-refractivity contribution in [1.29, 1.82) is 5.26 Å². The third kappa shape index (κ3) is 3.80. The molecule has 1 N–H and O–H groups in total. The van der Waals surface area contributed by atoms with Crippen LogP contribution in [0.15, 0.2) is 45.7 Å². The van der Waals surface area contributed by atoms with Gasteiger partial charge in [0.25, 0.3) is 0 Å². The van der Waals surface area contributed by atoms with Gasteiger partial charge in [0.15, 0.2) is 0 Å². The van der Waals surface area contributed by atoms with Crippen molar-refractivity contribution in [2.45, 2.75) is 19.9 Å². The molecule has 0 radical (unpaired) electrons. The molecule has 1 fully saturated rings. The van der Waals surface area contributed by atoms with Crippen LogP contribution in [0.3, 0.4) is 0 Å². The lowest BCUT2D eigenvalue weighted by molar-refractivity contribution is 0.286. The second-order valence-corrected chi connectivity index (χ2v) is 7.28. The molecule has 3 aromatic rings. The van der Waals surface area contributed by atoms with Crippen molar-refractivity contribution in [3.05, 3.63) is 63.6 Å². The van der Waals surface area contributed by atoms with Crippen LogP contribution in [0.4, 0.5) is 5.82 Å². The van der Waals surface area contributed by atoms with Crippen molar-refractivity contribution in [3.63, 3.8) is 0 Å². The number of fused-ring (bicyclic) bond motifs is 1. The van der Waals surface area contributed by atoms with Crippen molar-refractivity contribution in [2.75, 3.05) is 31.1 Å². The Hall–Kier alpha value is -3.37. The van der Waals surface area contributed by atoms with Crippen molar-refractivity contribution in [3.8, 4) is 11.8 Å². The van der Waals surface area contributed by atoms with Gasteiger partial charge in [-0.25, -0.2) is 9.78 Å². The number of benzene rings is 1. The van der Waals surface area contributed by atoms with Gasteiger partial charge in [0.05, 0.1) is 5.56 Å². The quantitative estimate of drug-likeness (QED) is 0.687. The average Bonchev–Trinajstić information content (AvgIpc) is 2.96. The third-order valence-corrected chi connectivity index (χ3v) is 5.41. The van der Waals surface area contributed by atoms with Gasteiger partial charge in [-0.1, -0.05) is 0 Å². The molecule has 0 saturated carbocycles. The third-order valence-electron chi connectivity index (χ3n) is 5.41. The molecule has 0 aliphatic carbocycles. The molecule has 1 saturated heterocycles. The van der Waals surface area contributed by atoms with Crippen LogP contribution in [0.2, 0.25) is 0 Å². The number of pyridine rings is 1. The Morgan fingerprint density at radius 2 is 2.10 bits per heavy atom. The highest BCUT2D eigenvalue weighted by Crippen LogP contribution is 2.28. The van der Waals surface area contributed by atoms with Crippen molar-refractivity contribution in [2.24, 2.45) is 0 Å². The van der Waals surface area contributed by atoms with Crippen LogP contribution in [0.1, 0.15) is 23.1 Å². The Bertz CT molecular complexity index is 1150. The predicted molar refractivity (Wildman–Crippen MR) is 110 cm³/mol. The van der Waals surface area contributed by atoms with Gasteiger partial charge in [-0.15, -0.1) is 0 Å². The van der Waals surface area contributed by atoms with Gasteiger partial charge in [-0.3, -0.25) is 4.90 Å². The zero-order valence-corrected chi connectivity index (χ0v) is 16.3. The summed E-state index contributed by atoms with van der Waals surface area (Å²) in [4.78, 5) is 20.9. The van der Waals surface area contributed by atoms with Crippen LogP contribution in [0, 0.1) is 18.3 Å². The minimum Gasteiger partial charge on any atom is -0.508 e. The van der Waals surface area contributed by atoms with E-state index in [1.807, 2.05) is 0 Å². The molecule has 7 heteroatoms. The normalized spacial score (nSPS) is 15.2. The van der Waals surface area contributed by atoms with Gasteiger partial charge < -0.3 is 14.4 Å². The number of aromatic hydroxyl groups is 1. The summed E-state index contributed by atoms with van der Waals surface area (Å²) in [5.41, 5.74) is 2.08. The molecule has 7 nitrogen and oxygen atoms in total. The van der Waals surface area contributed by atoms with E-state index in [2.05, 4.69) is 20.9 Å². The summed E-state index contributed by atoms with van der Waals surface area (Å²) in [6.07, 6.45) is 2.65. The lowest BCUT2D eigenvalue weighted by atomic mass is 10.1. The molecule has 0 amide bonds. The molecular weight excluding hydrogens is 368 g/mol.